The van der Waals surface area contributed by atoms with Crippen molar-refractivity contribution in [1.29, 1.82) is 0 Å². The van der Waals surface area contributed by atoms with E-state index in [1.54, 1.807) is 11.3 Å². The minimum Gasteiger partial charge on any atom is -0.378 e. The average molecular weight is 258 g/mol. The normalized spacial score (nSPS) is 11.0. The third-order valence-electron chi connectivity index (χ3n) is 2.87. The van der Waals surface area contributed by atoms with Crippen LogP contribution in [0.4, 0.5) is 5.69 Å². The number of benzene rings is 1. The third-order valence-corrected chi connectivity index (χ3v) is 3.80. The Labute approximate surface area is 109 Å². The molecule has 5 heteroatoms. The maximum atomic E-state index is 4.45. The zero-order chi connectivity index (χ0) is 12.5. The summed E-state index contributed by atoms with van der Waals surface area (Å²) in [6, 6.07) is 6.26. The van der Waals surface area contributed by atoms with E-state index in [2.05, 4.69) is 33.5 Å². The summed E-state index contributed by atoms with van der Waals surface area (Å²) in [6.45, 7) is 2.76. The molecule has 0 unspecified atom stereocenters. The van der Waals surface area contributed by atoms with Crippen molar-refractivity contribution in [3.63, 3.8) is 0 Å². The van der Waals surface area contributed by atoms with Crippen molar-refractivity contribution in [2.24, 2.45) is 7.05 Å². The fourth-order valence-corrected chi connectivity index (χ4v) is 2.76. The Kier molecular flexibility index (Phi) is 2.76. The van der Waals surface area contributed by atoms with Gasteiger partial charge in [-0.05, 0) is 25.1 Å². The smallest absolute Gasteiger partial charge is 0.127 e. The van der Waals surface area contributed by atoms with Gasteiger partial charge in [-0.2, -0.15) is 0 Å². The number of fused-ring (bicyclic) bond motifs is 1. The van der Waals surface area contributed by atoms with E-state index in [-0.39, 0.29) is 0 Å². The van der Waals surface area contributed by atoms with Gasteiger partial charge < -0.3 is 9.88 Å². The number of thiazole rings is 1. The second kappa shape index (κ2) is 4.42. The number of aryl methyl sites for hydroxylation is 2. The predicted octanol–water partition coefficient (Wildman–Crippen LogP) is 2.95. The monoisotopic (exact) mass is 258 g/mol. The van der Waals surface area contributed by atoms with E-state index >= 15 is 0 Å². The minimum absolute atomic E-state index is 0.729. The summed E-state index contributed by atoms with van der Waals surface area (Å²) >= 11 is 1.72. The molecule has 0 aliphatic heterocycles. The van der Waals surface area contributed by atoms with Crippen LogP contribution in [0, 0.1) is 6.92 Å². The van der Waals surface area contributed by atoms with Crippen LogP contribution in [0.5, 0.6) is 0 Å². The van der Waals surface area contributed by atoms with Gasteiger partial charge in [0.1, 0.15) is 5.82 Å². The standard InChI is InChI=1S/C13H14N4S/c1-9-16-11-4-3-10(7-12(11)18-9)15-8-13-14-5-6-17(13)2/h3-7,15H,8H2,1-2H3. The van der Waals surface area contributed by atoms with Gasteiger partial charge >= 0.3 is 0 Å². The molecule has 0 atom stereocenters. The lowest BCUT2D eigenvalue weighted by Gasteiger charge is -2.06. The van der Waals surface area contributed by atoms with Crippen molar-refractivity contribution < 1.29 is 0 Å². The molecular weight excluding hydrogens is 244 g/mol. The van der Waals surface area contributed by atoms with Gasteiger partial charge in [0.15, 0.2) is 0 Å². The van der Waals surface area contributed by atoms with Crippen LogP contribution in [0.25, 0.3) is 10.2 Å². The highest BCUT2D eigenvalue weighted by Crippen LogP contribution is 2.24. The lowest BCUT2D eigenvalue weighted by Crippen LogP contribution is -2.05. The Morgan fingerprint density at radius 3 is 3.06 bits per heavy atom. The highest BCUT2D eigenvalue weighted by atomic mass is 32.1. The first-order valence-electron chi connectivity index (χ1n) is 5.79. The summed E-state index contributed by atoms with van der Waals surface area (Å²) in [5, 5.41) is 4.49. The molecule has 1 aromatic carbocycles. The maximum Gasteiger partial charge on any atom is 0.127 e. The van der Waals surface area contributed by atoms with Gasteiger partial charge in [-0.1, -0.05) is 0 Å². The quantitative estimate of drug-likeness (QED) is 0.785. The van der Waals surface area contributed by atoms with Crippen LogP contribution >= 0.6 is 11.3 Å². The molecule has 0 saturated carbocycles. The largest absolute Gasteiger partial charge is 0.378 e. The van der Waals surface area contributed by atoms with Crippen molar-refractivity contribution in [3.8, 4) is 0 Å². The van der Waals surface area contributed by atoms with Crippen LogP contribution in [0.2, 0.25) is 0 Å². The highest BCUT2D eigenvalue weighted by molar-refractivity contribution is 7.18. The van der Waals surface area contributed by atoms with E-state index in [1.807, 2.05) is 30.9 Å². The lowest BCUT2D eigenvalue weighted by atomic mass is 10.3. The van der Waals surface area contributed by atoms with Gasteiger partial charge in [-0.15, -0.1) is 11.3 Å². The molecule has 2 heterocycles. The molecule has 0 spiro atoms. The van der Waals surface area contributed by atoms with Crippen molar-refractivity contribution in [1.82, 2.24) is 14.5 Å². The number of hydrogen-bond donors (Lipinski definition) is 1. The lowest BCUT2D eigenvalue weighted by molar-refractivity contribution is 0.813. The van der Waals surface area contributed by atoms with Gasteiger partial charge in [0, 0.05) is 25.1 Å². The van der Waals surface area contributed by atoms with Gasteiger partial charge in [0.2, 0.25) is 0 Å². The first-order chi connectivity index (χ1) is 8.72. The summed E-state index contributed by atoms with van der Waals surface area (Å²) in [5.41, 5.74) is 2.18. The molecule has 0 aliphatic carbocycles. The van der Waals surface area contributed by atoms with E-state index < -0.39 is 0 Å². The van der Waals surface area contributed by atoms with Crippen LogP contribution < -0.4 is 5.32 Å². The number of nitrogens with zero attached hydrogens (tertiary/aromatic N) is 3. The average Bonchev–Trinajstić information content (AvgIpc) is 2.90. The van der Waals surface area contributed by atoms with Crippen molar-refractivity contribution in [2.45, 2.75) is 13.5 Å². The molecule has 18 heavy (non-hydrogen) atoms. The van der Waals surface area contributed by atoms with Crippen molar-refractivity contribution >= 4 is 27.2 Å². The number of imidazole rings is 1. The highest BCUT2D eigenvalue weighted by Gasteiger charge is 2.03. The minimum atomic E-state index is 0.729. The van der Waals surface area contributed by atoms with E-state index in [0.29, 0.717) is 0 Å². The van der Waals surface area contributed by atoms with E-state index in [9.17, 15) is 0 Å². The first kappa shape index (κ1) is 11.2. The first-order valence-corrected chi connectivity index (χ1v) is 6.61. The number of anilines is 1. The topological polar surface area (TPSA) is 42.7 Å². The molecule has 3 rings (SSSR count). The number of aromatic nitrogens is 3. The Morgan fingerprint density at radius 2 is 2.28 bits per heavy atom. The molecule has 0 aliphatic rings. The number of nitrogens with one attached hydrogen (secondary N) is 1. The number of rotatable bonds is 3. The van der Waals surface area contributed by atoms with Gasteiger partial charge in [-0.25, -0.2) is 9.97 Å². The van der Waals surface area contributed by atoms with Crippen LogP contribution in [-0.2, 0) is 13.6 Å². The van der Waals surface area contributed by atoms with Gasteiger partial charge in [-0.3, -0.25) is 0 Å². The zero-order valence-corrected chi connectivity index (χ0v) is 11.2. The molecule has 3 aromatic rings. The Morgan fingerprint density at radius 1 is 1.39 bits per heavy atom. The fourth-order valence-electron chi connectivity index (χ4n) is 1.90. The molecule has 4 nitrogen and oxygen atoms in total. The van der Waals surface area contributed by atoms with Gasteiger partial charge in [0.25, 0.3) is 0 Å². The van der Waals surface area contributed by atoms with Crippen molar-refractivity contribution in [2.75, 3.05) is 5.32 Å². The molecule has 1 N–H and O–H groups in total. The van der Waals surface area contributed by atoms with Gasteiger partial charge in [0.05, 0.1) is 21.8 Å². The molecule has 0 radical (unpaired) electrons. The summed E-state index contributed by atoms with van der Waals surface area (Å²) in [5.74, 6) is 1.02. The SMILES string of the molecule is Cc1nc2ccc(NCc3nccn3C)cc2s1. The van der Waals surface area contributed by atoms with E-state index in [0.717, 1.165) is 28.6 Å². The number of hydrogen-bond acceptors (Lipinski definition) is 4. The Balaban J connectivity index is 1.80. The van der Waals surface area contributed by atoms with Crippen LogP contribution in [0.15, 0.2) is 30.6 Å². The van der Waals surface area contributed by atoms with Crippen LogP contribution in [-0.4, -0.2) is 14.5 Å². The summed E-state index contributed by atoms with van der Waals surface area (Å²) in [4.78, 5) is 8.74. The van der Waals surface area contributed by atoms with E-state index in [1.165, 1.54) is 4.70 Å². The molecule has 92 valence electrons. The second-order valence-electron chi connectivity index (χ2n) is 4.22. The van der Waals surface area contributed by atoms with Crippen molar-refractivity contribution in [3.05, 3.63) is 41.4 Å². The second-order valence-corrected chi connectivity index (χ2v) is 5.46. The Bertz CT molecular complexity index is 683. The fraction of sp³-hybridized carbons (Fsp3) is 0.231. The van der Waals surface area contributed by atoms with E-state index in [4.69, 9.17) is 0 Å². The Hall–Kier alpha value is -1.88. The zero-order valence-electron chi connectivity index (χ0n) is 10.3. The summed E-state index contributed by atoms with van der Waals surface area (Å²) < 4.78 is 3.24. The van der Waals surface area contributed by atoms with Crippen LogP contribution in [0.1, 0.15) is 10.8 Å². The molecule has 0 fully saturated rings. The predicted molar refractivity (Wildman–Crippen MR) is 74.9 cm³/mol. The molecule has 0 bridgehead atoms. The molecular formula is C13H14N4S. The molecule has 0 amide bonds. The third kappa shape index (κ3) is 2.09. The maximum absolute atomic E-state index is 4.45. The summed E-state index contributed by atoms with van der Waals surface area (Å²) in [6.07, 6.45) is 3.76. The van der Waals surface area contributed by atoms with Crippen LogP contribution in [0.3, 0.4) is 0 Å². The molecule has 2 aromatic heterocycles. The summed E-state index contributed by atoms with van der Waals surface area (Å²) in [7, 11) is 2.00. The molecule has 0 saturated heterocycles.